The summed E-state index contributed by atoms with van der Waals surface area (Å²) in [6.45, 7) is 3.21. The number of halogens is 2. The molecule has 0 bridgehead atoms. The van der Waals surface area contributed by atoms with E-state index in [1.54, 1.807) is 17.0 Å². The highest BCUT2D eigenvalue weighted by Crippen LogP contribution is 2.19. The average molecular weight is 398 g/mol. The normalized spacial score (nSPS) is 18.6. The van der Waals surface area contributed by atoms with Crippen molar-refractivity contribution in [2.75, 3.05) is 26.2 Å². The summed E-state index contributed by atoms with van der Waals surface area (Å²) in [5.41, 5.74) is 0.122. The Morgan fingerprint density at radius 2 is 1.78 bits per heavy atom. The first kappa shape index (κ1) is 21.6. The van der Waals surface area contributed by atoms with Crippen LogP contribution in [0.4, 0.5) is 4.39 Å². The molecular formula is C20H29ClFN3O2. The highest BCUT2D eigenvalue weighted by atomic mass is 35.5. The Bertz CT molecular complexity index is 629. The Morgan fingerprint density at radius 3 is 2.44 bits per heavy atom. The van der Waals surface area contributed by atoms with Gasteiger partial charge in [-0.3, -0.25) is 9.59 Å². The first-order valence-electron chi connectivity index (χ1n) is 9.67. The molecule has 0 saturated carbocycles. The predicted molar refractivity (Wildman–Crippen MR) is 106 cm³/mol. The van der Waals surface area contributed by atoms with Gasteiger partial charge in [-0.1, -0.05) is 12.1 Å². The fourth-order valence-electron chi connectivity index (χ4n) is 3.84. The van der Waals surface area contributed by atoms with E-state index in [9.17, 15) is 14.0 Å². The van der Waals surface area contributed by atoms with E-state index in [1.165, 1.54) is 12.1 Å². The van der Waals surface area contributed by atoms with E-state index in [0.29, 0.717) is 25.4 Å². The largest absolute Gasteiger partial charge is 0.353 e. The summed E-state index contributed by atoms with van der Waals surface area (Å²) in [5.74, 6) is 0.0225. The van der Waals surface area contributed by atoms with E-state index in [1.807, 2.05) is 0 Å². The fourth-order valence-corrected chi connectivity index (χ4v) is 3.84. The first-order chi connectivity index (χ1) is 12.6. The second-order valence-corrected chi connectivity index (χ2v) is 7.35. The lowest BCUT2D eigenvalue weighted by Crippen LogP contribution is -2.46. The lowest BCUT2D eigenvalue weighted by atomic mass is 9.93. The maximum absolute atomic E-state index is 13.8. The number of benzene rings is 1. The van der Waals surface area contributed by atoms with Crippen molar-refractivity contribution < 1.29 is 14.0 Å². The molecule has 0 spiro atoms. The van der Waals surface area contributed by atoms with E-state index in [2.05, 4.69) is 10.6 Å². The lowest BCUT2D eigenvalue weighted by molar-refractivity contribution is -0.122. The van der Waals surface area contributed by atoms with Crippen LogP contribution in [-0.4, -0.2) is 48.9 Å². The maximum Gasteiger partial charge on any atom is 0.256 e. The molecule has 0 unspecified atom stereocenters. The van der Waals surface area contributed by atoms with E-state index in [4.69, 9.17) is 0 Å². The van der Waals surface area contributed by atoms with Crippen molar-refractivity contribution in [3.05, 3.63) is 35.6 Å². The minimum atomic E-state index is -0.481. The first-order valence-corrected chi connectivity index (χ1v) is 9.67. The average Bonchev–Trinajstić information content (AvgIpc) is 2.68. The zero-order valence-electron chi connectivity index (χ0n) is 15.6. The number of carbonyl (C=O) groups excluding carboxylic acids is 2. The standard InChI is InChI=1S/C20H28FN3O2.ClH/c21-18-4-2-1-3-17(18)20(26)24-13-9-16(10-14-24)23-19(25)6-5-15-7-11-22-12-8-15;/h1-4,15-16,22H,5-14H2,(H,23,25);1H. The predicted octanol–water partition coefficient (Wildman–Crippen LogP) is 2.75. The van der Waals surface area contributed by atoms with E-state index in [-0.39, 0.29) is 35.8 Å². The summed E-state index contributed by atoms with van der Waals surface area (Å²) in [6, 6.07) is 6.19. The van der Waals surface area contributed by atoms with Gasteiger partial charge in [0, 0.05) is 25.6 Å². The minimum Gasteiger partial charge on any atom is -0.353 e. The van der Waals surface area contributed by atoms with Gasteiger partial charge in [-0.05, 0) is 63.2 Å². The van der Waals surface area contributed by atoms with E-state index in [0.717, 1.165) is 45.2 Å². The molecule has 5 nitrogen and oxygen atoms in total. The topological polar surface area (TPSA) is 61.4 Å². The SMILES string of the molecule is Cl.O=C(CCC1CCNCC1)NC1CCN(C(=O)c2ccccc2F)CC1. The quantitative estimate of drug-likeness (QED) is 0.803. The van der Waals surface area contributed by atoms with Gasteiger partial charge in [0.2, 0.25) is 5.91 Å². The van der Waals surface area contributed by atoms with Crippen LogP contribution in [0.5, 0.6) is 0 Å². The number of piperidine rings is 2. The fraction of sp³-hybridized carbons (Fsp3) is 0.600. The van der Waals surface area contributed by atoms with E-state index < -0.39 is 5.82 Å². The number of rotatable bonds is 5. The van der Waals surface area contributed by atoms with Gasteiger partial charge >= 0.3 is 0 Å². The molecule has 1 aromatic rings. The molecule has 0 radical (unpaired) electrons. The van der Waals surface area contributed by atoms with Crippen LogP contribution in [0.25, 0.3) is 0 Å². The molecule has 2 aliphatic rings. The molecular weight excluding hydrogens is 369 g/mol. The minimum absolute atomic E-state index is 0. The van der Waals surface area contributed by atoms with Gasteiger partial charge in [-0.15, -0.1) is 12.4 Å². The van der Waals surface area contributed by atoms with Crippen molar-refractivity contribution in [3.8, 4) is 0 Å². The molecule has 150 valence electrons. The second kappa shape index (κ2) is 10.6. The Kier molecular flexibility index (Phi) is 8.51. The summed E-state index contributed by atoms with van der Waals surface area (Å²) < 4.78 is 13.8. The van der Waals surface area contributed by atoms with Crippen LogP contribution in [0.3, 0.4) is 0 Å². The number of hydrogen-bond donors (Lipinski definition) is 2. The number of carbonyl (C=O) groups is 2. The molecule has 2 amide bonds. The lowest BCUT2D eigenvalue weighted by Gasteiger charge is -2.32. The Balaban J connectivity index is 0.00000261. The molecule has 2 saturated heterocycles. The van der Waals surface area contributed by atoms with Crippen LogP contribution in [0.1, 0.15) is 48.9 Å². The van der Waals surface area contributed by atoms with Gasteiger partial charge in [0.15, 0.2) is 0 Å². The molecule has 0 atom stereocenters. The van der Waals surface area contributed by atoms with Crippen molar-refractivity contribution in [2.24, 2.45) is 5.92 Å². The van der Waals surface area contributed by atoms with Gasteiger partial charge < -0.3 is 15.5 Å². The molecule has 7 heteroatoms. The third kappa shape index (κ3) is 6.18. The van der Waals surface area contributed by atoms with Crippen molar-refractivity contribution in [2.45, 2.75) is 44.6 Å². The van der Waals surface area contributed by atoms with Crippen LogP contribution in [0.15, 0.2) is 24.3 Å². The van der Waals surface area contributed by atoms with E-state index >= 15 is 0 Å². The van der Waals surface area contributed by atoms with Crippen LogP contribution in [-0.2, 0) is 4.79 Å². The monoisotopic (exact) mass is 397 g/mol. The number of amides is 2. The number of nitrogens with zero attached hydrogens (tertiary/aromatic N) is 1. The highest BCUT2D eigenvalue weighted by Gasteiger charge is 2.26. The second-order valence-electron chi connectivity index (χ2n) is 7.35. The van der Waals surface area contributed by atoms with Gasteiger partial charge in [0.1, 0.15) is 5.82 Å². The molecule has 2 fully saturated rings. The van der Waals surface area contributed by atoms with Gasteiger partial charge in [0.25, 0.3) is 5.91 Å². The van der Waals surface area contributed by atoms with Crippen LogP contribution in [0.2, 0.25) is 0 Å². The number of nitrogens with one attached hydrogen (secondary N) is 2. The third-order valence-corrected chi connectivity index (χ3v) is 5.49. The Morgan fingerprint density at radius 1 is 1.11 bits per heavy atom. The third-order valence-electron chi connectivity index (χ3n) is 5.49. The maximum atomic E-state index is 13.8. The molecule has 3 rings (SSSR count). The molecule has 0 aliphatic carbocycles. The van der Waals surface area contributed by atoms with Crippen molar-refractivity contribution >= 4 is 24.2 Å². The molecule has 2 aliphatic heterocycles. The molecule has 27 heavy (non-hydrogen) atoms. The highest BCUT2D eigenvalue weighted by molar-refractivity contribution is 5.94. The van der Waals surface area contributed by atoms with Gasteiger partial charge in [-0.25, -0.2) is 4.39 Å². The van der Waals surface area contributed by atoms with Gasteiger partial charge in [0.05, 0.1) is 5.56 Å². The van der Waals surface area contributed by atoms with Crippen molar-refractivity contribution in [1.29, 1.82) is 0 Å². The summed E-state index contributed by atoms with van der Waals surface area (Å²) in [7, 11) is 0. The molecule has 2 heterocycles. The molecule has 2 N–H and O–H groups in total. The summed E-state index contributed by atoms with van der Waals surface area (Å²) in [6.07, 6.45) is 5.30. The van der Waals surface area contributed by atoms with Crippen LogP contribution < -0.4 is 10.6 Å². The van der Waals surface area contributed by atoms with Crippen LogP contribution >= 0.6 is 12.4 Å². The van der Waals surface area contributed by atoms with Gasteiger partial charge in [-0.2, -0.15) is 0 Å². The summed E-state index contributed by atoms with van der Waals surface area (Å²) >= 11 is 0. The zero-order chi connectivity index (χ0) is 18.4. The van der Waals surface area contributed by atoms with Crippen molar-refractivity contribution in [1.82, 2.24) is 15.5 Å². The Labute approximate surface area is 166 Å². The van der Waals surface area contributed by atoms with Crippen LogP contribution in [0, 0.1) is 11.7 Å². The Hall–Kier alpha value is -1.66. The number of likely N-dealkylation sites (tertiary alicyclic amines) is 1. The smallest absolute Gasteiger partial charge is 0.256 e. The zero-order valence-corrected chi connectivity index (χ0v) is 16.4. The van der Waals surface area contributed by atoms with Crippen molar-refractivity contribution in [3.63, 3.8) is 0 Å². The summed E-state index contributed by atoms with van der Waals surface area (Å²) in [5, 5.41) is 6.44. The summed E-state index contributed by atoms with van der Waals surface area (Å²) in [4.78, 5) is 26.3. The molecule has 1 aromatic carbocycles. The number of hydrogen-bond acceptors (Lipinski definition) is 3. The molecule has 0 aromatic heterocycles.